The second-order valence-electron chi connectivity index (χ2n) is 9.37. The third-order valence-corrected chi connectivity index (χ3v) is 6.98. The molecular weight excluding hydrogens is 466 g/mol. The number of imidazole rings is 1. The number of nitrogens with zero attached hydrogens (tertiary/aromatic N) is 3. The van der Waals surface area contributed by atoms with Crippen molar-refractivity contribution in [2.75, 3.05) is 32.3 Å². The van der Waals surface area contributed by atoms with E-state index in [1.54, 1.807) is 19.1 Å². The van der Waals surface area contributed by atoms with Gasteiger partial charge < -0.3 is 23.7 Å². The lowest BCUT2D eigenvalue weighted by Gasteiger charge is -2.20. The van der Waals surface area contributed by atoms with Crippen molar-refractivity contribution in [3.8, 4) is 17.2 Å². The fourth-order valence-electron chi connectivity index (χ4n) is 5.03. The number of anilines is 1. The number of rotatable bonds is 10. The molecule has 1 unspecified atom stereocenters. The molecule has 0 bridgehead atoms. The van der Waals surface area contributed by atoms with Gasteiger partial charge in [-0.05, 0) is 55.7 Å². The first-order chi connectivity index (χ1) is 18.1. The molecule has 1 fully saturated rings. The largest absolute Gasteiger partial charge is 0.497 e. The molecule has 4 aromatic rings. The Labute approximate surface area is 217 Å². The van der Waals surface area contributed by atoms with Gasteiger partial charge in [-0.15, -0.1) is 0 Å². The van der Waals surface area contributed by atoms with Gasteiger partial charge in [-0.3, -0.25) is 4.79 Å². The molecule has 1 amide bonds. The van der Waals surface area contributed by atoms with E-state index < -0.39 is 0 Å². The van der Waals surface area contributed by atoms with Crippen LogP contribution in [0.15, 0.2) is 66.7 Å². The Morgan fingerprint density at radius 1 is 0.946 bits per heavy atom. The number of amides is 1. The van der Waals surface area contributed by atoms with Crippen molar-refractivity contribution in [2.45, 2.75) is 38.6 Å². The molecule has 7 nitrogen and oxygen atoms in total. The van der Waals surface area contributed by atoms with E-state index in [0.717, 1.165) is 53.2 Å². The fourth-order valence-corrected chi connectivity index (χ4v) is 5.03. The second-order valence-corrected chi connectivity index (χ2v) is 9.37. The molecule has 1 aliphatic rings. The molecule has 5 rings (SSSR count). The lowest BCUT2D eigenvalue weighted by atomic mass is 10.1. The van der Waals surface area contributed by atoms with E-state index in [2.05, 4.69) is 23.6 Å². The summed E-state index contributed by atoms with van der Waals surface area (Å²) >= 11 is 0. The first kappa shape index (κ1) is 24.7. The van der Waals surface area contributed by atoms with E-state index in [0.29, 0.717) is 31.1 Å². The number of para-hydroxylation sites is 3. The molecule has 7 heteroatoms. The number of carbonyl (C=O) groups is 1. The van der Waals surface area contributed by atoms with Crippen molar-refractivity contribution in [1.82, 2.24) is 9.55 Å². The van der Waals surface area contributed by atoms with Crippen LogP contribution in [-0.2, 0) is 11.3 Å². The van der Waals surface area contributed by atoms with Crippen LogP contribution < -0.4 is 19.1 Å². The van der Waals surface area contributed by atoms with Gasteiger partial charge in [0, 0.05) is 31.5 Å². The van der Waals surface area contributed by atoms with Crippen LogP contribution in [0, 0.1) is 6.92 Å². The molecule has 0 radical (unpaired) electrons. The highest BCUT2D eigenvalue weighted by Gasteiger charge is 2.36. The van der Waals surface area contributed by atoms with Crippen molar-refractivity contribution < 1.29 is 19.0 Å². The van der Waals surface area contributed by atoms with Crippen LogP contribution in [0.3, 0.4) is 0 Å². The maximum atomic E-state index is 13.2. The van der Waals surface area contributed by atoms with Gasteiger partial charge in [0.1, 0.15) is 23.1 Å². The lowest BCUT2D eigenvalue weighted by molar-refractivity contribution is -0.117. The number of fused-ring (bicyclic) bond motifs is 1. The molecule has 37 heavy (non-hydrogen) atoms. The fraction of sp³-hybridized carbons (Fsp3) is 0.333. The molecule has 0 saturated carbocycles. The topological polar surface area (TPSA) is 65.8 Å². The van der Waals surface area contributed by atoms with Crippen molar-refractivity contribution in [3.05, 3.63) is 78.1 Å². The van der Waals surface area contributed by atoms with Gasteiger partial charge in [0.05, 0.1) is 37.5 Å². The van der Waals surface area contributed by atoms with Gasteiger partial charge >= 0.3 is 0 Å². The van der Waals surface area contributed by atoms with Crippen LogP contribution in [0.2, 0.25) is 0 Å². The normalized spacial score (nSPS) is 15.4. The molecule has 1 aromatic heterocycles. The number of hydrogen-bond donors (Lipinski definition) is 0. The molecule has 1 atom stereocenters. The lowest BCUT2D eigenvalue weighted by Crippen LogP contribution is -2.25. The van der Waals surface area contributed by atoms with Crippen LogP contribution in [0.25, 0.3) is 11.0 Å². The van der Waals surface area contributed by atoms with Gasteiger partial charge in [-0.2, -0.15) is 0 Å². The highest BCUT2D eigenvalue weighted by Crippen LogP contribution is 2.39. The summed E-state index contributed by atoms with van der Waals surface area (Å²) in [6, 6.07) is 21.8. The number of benzene rings is 3. The third-order valence-electron chi connectivity index (χ3n) is 6.98. The molecule has 1 saturated heterocycles. The predicted octanol–water partition coefficient (Wildman–Crippen LogP) is 5.74. The molecule has 1 aliphatic heterocycles. The molecule has 3 aromatic carbocycles. The molecule has 0 N–H and O–H groups in total. The van der Waals surface area contributed by atoms with Crippen LogP contribution in [0.5, 0.6) is 17.2 Å². The Balaban J connectivity index is 1.33. The average molecular weight is 500 g/mol. The quantitative estimate of drug-likeness (QED) is 0.260. The summed E-state index contributed by atoms with van der Waals surface area (Å²) < 4.78 is 19.2. The summed E-state index contributed by atoms with van der Waals surface area (Å²) in [5, 5.41) is 0. The Morgan fingerprint density at radius 2 is 1.76 bits per heavy atom. The third kappa shape index (κ3) is 5.12. The van der Waals surface area contributed by atoms with Gasteiger partial charge in [-0.1, -0.05) is 30.3 Å². The summed E-state index contributed by atoms with van der Waals surface area (Å²) in [7, 11) is 3.24. The minimum Gasteiger partial charge on any atom is -0.497 e. The van der Waals surface area contributed by atoms with Crippen LogP contribution in [0.4, 0.5) is 5.69 Å². The average Bonchev–Trinajstić information content (AvgIpc) is 3.49. The Kier molecular flexibility index (Phi) is 7.30. The highest BCUT2D eigenvalue weighted by molar-refractivity contribution is 5.98. The van der Waals surface area contributed by atoms with E-state index in [9.17, 15) is 4.79 Å². The number of aromatic nitrogens is 2. The highest BCUT2D eigenvalue weighted by atomic mass is 16.5. The molecular formula is C30H33N3O4. The first-order valence-electron chi connectivity index (χ1n) is 12.7. The summed E-state index contributed by atoms with van der Waals surface area (Å²) in [6.07, 6.45) is 2.28. The number of hydrogen-bond acceptors (Lipinski definition) is 5. The van der Waals surface area contributed by atoms with Crippen molar-refractivity contribution in [1.29, 1.82) is 0 Å². The van der Waals surface area contributed by atoms with E-state index in [4.69, 9.17) is 19.2 Å². The standard InChI is InChI=1S/C30H33N3O4/c1-21-10-4-7-13-27(21)37-17-9-8-16-32-25-12-6-5-11-24(25)31-30(32)22-18-29(34)33(20-22)26-19-23(35-2)14-15-28(26)36-3/h4-7,10-15,19,22H,8-9,16-18,20H2,1-3H3. The monoisotopic (exact) mass is 499 g/mol. The molecule has 192 valence electrons. The number of aryl methyl sites for hydroxylation is 2. The van der Waals surface area contributed by atoms with Crippen molar-refractivity contribution in [3.63, 3.8) is 0 Å². The van der Waals surface area contributed by atoms with Crippen molar-refractivity contribution in [2.24, 2.45) is 0 Å². The maximum absolute atomic E-state index is 13.2. The van der Waals surface area contributed by atoms with Crippen LogP contribution in [0.1, 0.15) is 36.6 Å². The molecule has 0 spiro atoms. The SMILES string of the molecule is COc1ccc(OC)c(N2CC(c3nc4ccccc4n3CCCCOc3ccccc3C)CC2=O)c1. The Bertz CT molecular complexity index is 1400. The molecule has 0 aliphatic carbocycles. The summed E-state index contributed by atoms with van der Waals surface area (Å²) in [5.74, 6) is 3.28. The van der Waals surface area contributed by atoms with Gasteiger partial charge in [0.2, 0.25) is 5.91 Å². The van der Waals surface area contributed by atoms with Crippen molar-refractivity contribution >= 4 is 22.6 Å². The minimum absolute atomic E-state index is 0.0148. The smallest absolute Gasteiger partial charge is 0.227 e. The summed E-state index contributed by atoms with van der Waals surface area (Å²) in [5.41, 5.74) is 3.93. The van der Waals surface area contributed by atoms with Crippen LogP contribution in [-0.4, -0.2) is 42.8 Å². The first-order valence-corrected chi connectivity index (χ1v) is 12.7. The Hall–Kier alpha value is -4.00. The van der Waals surface area contributed by atoms with E-state index >= 15 is 0 Å². The second kappa shape index (κ2) is 10.9. The zero-order valence-electron chi connectivity index (χ0n) is 21.6. The van der Waals surface area contributed by atoms with Crippen LogP contribution >= 0.6 is 0 Å². The van der Waals surface area contributed by atoms with E-state index in [1.165, 1.54) is 0 Å². The zero-order valence-corrected chi connectivity index (χ0v) is 21.6. The van der Waals surface area contributed by atoms with E-state index in [-0.39, 0.29) is 11.8 Å². The number of carbonyl (C=O) groups excluding carboxylic acids is 1. The maximum Gasteiger partial charge on any atom is 0.227 e. The molecule has 2 heterocycles. The summed E-state index contributed by atoms with van der Waals surface area (Å²) in [6.45, 7) is 4.09. The zero-order chi connectivity index (χ0) is 25.8. The minimum atomic E-state index is -0.0148. The van der Waals surface area contributed by atoms with Gasteiger partial charge in [0.15, 0.2) is 0 Å². The summed E-state index contributed by atoms with van der Waals surface area (Å²) in [4.78, 5) is 20.0. The predicted molar refractivity (Wildman–Crippen MR) is 145 cm³/mol. The number of methoxy groups -OCH3 is 2. The van der Waals surface area contributed by atoms with Gasteiger partial charge in [0.25, 0.3) is 0 Å². The van der Waals surface area contributed by atoms with Gasteiger partial charge in [-0.25, -0.2) is 4.98 Å². The Morgan fingerprint density at radius 3 is 2.57 bits per heavy atom. The number of unbranched alkanes of at least 4 members (excludes halogenated alkanes) is 1. The van der Waals surface area contributed by atoms with E-state index in [1.807, 2.05) is 54.6 Å². The number of ether oxygens (including phenoxy) is 3.